The molecule has 0 aliphatic rings. The molecule has 0 heterocycles. The van der Waals surface area contributed by atoms with Crippen LogP contribution in [0.15, 0.2) is 0 Å². The van der Waals surface area contributed by atoms with Crippen molar-refractivity contribution in [1.29, 1.82) is 0 Å². The Morgan fingerprint density at radius 2 is 1.76 bits per heavy atom. The Balaban J connectivity index is 4.00. The van der Waals surface area contributed by atoms with E-state index in [0.29, 0.717) is 32.5 Å². The molecule has 2 N–H and O–H groups in total. The summed E-state index contributed by atoms with van der Waals surface area (Å²) in [6.45, 7) is 7.12. The molecule has 0 rings (SSSR count). The van der Waals surface area contributed by atoms with Crippen molar-refractivity contribution < 1.29 is 19.5 Å². The van der Waals surface area contributed by atoms with Crippen LogP contribution in [0.1, 0.15) is 33.6 Å². The lowest BCUT2D eigenvalue weighted by Crippen LogP contribution is -2.45. The van der Waals surface area contributed by atoms with Crippen LogP contribution in [0.3, 0.4) is 0 Å². The van der Waals surface area contributed by atoms with Crippen LogP contribution >= 0.6 is 0 Å². The minimum atomic E-state index is -0.830. The van der Waals surface area contributed by atoms with Gasteiger partial charge in [0.1, 0.15) is 6.54 Å². The van der Waals surface area contributed by atoms with Gasteiger partial charge in [0.2, 0.25) is 5.91 Å². The molecule has 0 aliphatic heterocycles. The van der Waals surface area contributed by atoms with E-state index in [-0.39, 0.29) is 18.5 Å². The van der Waals surface area contributed by atoms with Gasteiger partial charge in [-0.3, -0.25) is 9.59 Å². The Hall–Kier alpha value is -1.79. The highest BCUT2D eigenvalue weighted by Gasteiger charge is 2.16. The molecule has 21 heavy (non-hydrogen) atoms. The number of rotatable bonds is 9. The van der Waals surface area contributed by atoms with Gasteiger partial charge in [-0.2, -0.15) is 0 Å². The molecule has 0 aromatic rings. The van der Waals surface area contributed by atoms with Crippen molar-refractivity contribution in [2.45, 2.75) is 33.6 Å². The number of aliphatic carboxylic acids is 1. The molecule has 0 radical (unpaired) electrons. The summed E-state index contributed by atoms with van der Waals surface area (Å²) in [4.78, 5) is 37.3. The van der Waals surface area contributed by atoms with Gasteiger partial charge in [0.25, 0.3) is 0 Å². The molecule has 0 aliphatic carbocycles. The molecule has 0 saturated carbocycles. The zero-order valence-corrected chi connectivity index (χ0v) is 13.4. The maximum absolute atomic E-state index is 11.9. The largest absolute Gasteiger partial charge is 0.481 e. The predicted molar refractivity (Wildman–Crippen MR) is 80.0 cm³/mol. The van der Waals surface area contributed by atoms with E-state index in [1.165, 1.54) is 4.90 Å². The van der Waals surface area contributed by atoms with Gasteiger partial charge in [0, 0.05) is 26.7 Å². The van der Waals surface area contributed by atoms with E-state index >= 15 is 0 Å². The topological polar surface area (TPSA) is 90.0 Å². The third-order valence-electron chi connectivity index (χ3n) is 3.35. The number of hydrogen-bond acceptors (Lipinski definition) is 3. The summed E-state index contributed by atoms with van der Waals surface area (Å²) in [7, 11) is 1.57. The maximum Gasteiger partial charge on any atom is 0.317 e. The van der Waals surface area contributed by atoms with E-state index in [1.807, 2.05) is 13.8 Å². The summed E-state index contributed by atoms with van der Waals surface area (Å²) < 4.78 is 0. The first kappa shape index (κ1) is 19.2. The number of nitrogens with one attached hydrogen (secondary N) is 1. The van der Waals surface area contributed by atoms with Crippen LogP contribution in [0.4, 0.5) is 4.79 Å². The minimum absolute atomic E-state index is 0.0407. The average Bonchev–Trinajstić information content (AvgIpc) is 2.43. The summed E-state index contributed by atoms with van der Waals surface area (Å²) in [5.41, 5.74) is 0. The van der Waals surface area contributed by atoms with Gasteiger partial charge in [-0.05, 0) is 26.7 Å². The quantitative estimate of drug-likeness (QED) is 0.622. The number of amides is 3. The Morgan fingerprint density at radius 3 is 2.24 bits per heavy atom. The summed E-state index contributed by atoms with van der Waals surface area (Å²) in [6, 6.07) is -0.321. The zero-order valence-electron chi connectivity index (χ0n) is 13.4. The van der Waals surface area contributed by atoms with Gasteiger partial charge >= 0.3 is 12.0 Å². The molecule has 0 spiro atoms. The van der Waals surface area contributed by atoms with E-state index in [4.69, 9.17) is 5.11 Å². The summed E-state index contributed by atoms with van der Waals surface area (Å²) >= 11 is 0. The van der Waals surface area contributed by atoms with Gasteiger partial charge in [-0.25, -0.2) is 4.79 Å². The minimum Gasteiger partial charge on any atom is -0.481 e. The number of carboxylic acid groups (broad SMARTS) is 1. The number of urea groups is 1. The van der Waals surface area contributed by atoms with E-state index in [1.54, 1.807) is 18.9 Å². The fourth-order valence-corrected chi connectivity index (χ4v) is 1.81. The third-order valence-corrected chi connectivity index (χ3v) is 3.35. The molecule has 122 valence electrons. The molecule has 0 fully saturated rings. The van der Waals surface area contributed by atoms with Crippen LogP contribution in [0.5, 0.6) is 0 Å². The van der Waals surface area contributed by atoms with Gasteiger partial charge in [0.15, 0.2) is 0 Å². The number of nitrogens with zero attached hydrogens (tertiary/aromatic N) is 2. The first-order valence-corrected chi connectivity index (χ1v) is 7.32. The van der Waals surface area contributed by atoms with Crippen molar-refractivity contribution in [3.8, 4) is 0 Å². The van der Waals surface area contributed by atoms with E-state index in [9.17, 15) is 14.4 Å². The highest BCUT2D eigenvalue weighted by Crippen LogP contribution is 2.04. The van der Waals surface area contributed by atoms with Crippen molar-refractivity contribution >= 4 is 17.9 Å². The van der Waals surface area contributed by atoms with Gasteiger partial charge in [-0.1, -0.05) is 6.92 Å². The van der Waals surface area contributed by atoms with E-state index in [2.05, 4.69) is 5.32 Å². The molecule has 1 unspecified atom stereocenters. The fourth-order valence-electron chi connectivity index (χ4n) is 1.81. The second kappa shape index (κ2) is 10.0. The number of likely N-dealkylation sites (N-methyl/N-ethyl adjacent to an activating group) is 2. The maximum atomic E-state index is 11.9. The molecule has 0 aromatic heterocycles. The zero-order chi connectivity index (χ0) is 16.4. The number of carboxylic acids is 1. The Morgan fingerprint density at radius 1 is 1.19 bits per heavy atom. The monoisotopic (exact) mass is 301 g/mol. The highest BCUT2D eigenvalue weighted by atomic mass is 16.4. The first-order chi connectivity index (χ1) is 9.83. The molecule has 7 heteroatoms. The number of carbonyl (C=O) groups is 3. The molecule has 0 saturated heterocycles. The van der Waals surface area contributed by atoms with Crippen LogP contribution < -0.4 is 5.32 Å². The lowest BCUT2D eigenvalue weighted by molar-refractivity contribution is -0.141. The lowest BCUT2D eigenvalue weighted by atomic mass is 10.1. The van der Waals surface area contributed by atoms with Crippen molar-refractivity contribution in [2.75, 3.05) is 33.2 Å². The molecule has 0 bridgehead atoms. The second-order valence-corrected chi connectivity index (χ2v) is 5.04. The van der Waals surface area contributed by atoms with Crippen molar-refractivity contribution in [3.63, 3.8) is 0 Å². The first-order valence-electron chi connectivity index (χ1n) is 7.32. The average molecular weight is 301 g/mol. The molecular formula is C14H27N3O4. The molecule has 7 nitrogen and oxygen atoms in total. The van der Waals surface area contributed by atoms with Crippen molar-refractivity contribution in [3.05, 3.63) is 0 Å². The fraction of sp³-hybridized carbons (Fsp3) is 0.786. The molecule has 0 aromatic carbocycles. The summed E-state index contributed by atoms with van der Waals surface area (Å²) in [5, 5.41) is 11.4. The third kappa shape index (κ3) is 7.53. The van der Waals surface area contributed by atoms with Gasteiger partial charge in [-0.15, -0.1) is 0 Å². The lowest BCUT2D eigenvalue weighted by Gasteiger charge is -2.23. The molecular weight excluding hydrogens is 274 g/mol. The molecule has 3 amide bonds. The van der Waals surface area contributed by atoms with E-state index < -0.39 is 11.9 Å². The van der Waals surface area contributed by atoms with Crippen LogP contribution in [0.2, 0.25) is 0 Å². The SMILES string of the molecule is CCN(CC)C(=O)CN(C)C(=O)NCCCC(C)C(=O)O. The van der Waals surface area contributed by atoms with Crippen LogP contribution in [0, 0.1) is 5.92 Å². The second-order valence-electron chi connectivity index (χ2n) is 5.04. The van der Waals surface area contributed by atoms with Crippen LogP contribution in [-0.2, 0) is 9.59 Å². The van der Waals surface area contributed by atoms with Gasteiger partial charge in [0.05, 0.1) is 5.92 Å². The Bertz CT molecular complexity index is 356. The van der Waals surface area contributed by atoms with Crippen molar-refractivity contribution in [2.24, 2.45) is 5.92 Å². The molecule has 1 atom stereocenters. The highest BCUT2D eigenvalue weighted by molar-refractivity contribution is 5.83. The van der Waals surface area contributed by atoms with E-state index in [0.717, 1.165) is 0 Å². The van der Waals surface area contributed by atoms with Crippen LogP contribution in [-0.4, -0.2) is 66.0 Å². The van der Waals surface area contributed by atoms with Gasteiger partial charge < -0.3 is 20.2 Å². The number of carbonyl (C=O) groups excluding carboxylic acids is 2. The standard InChI is InChI=1S/C14H27N3O4/c1-5-17(6-2)12(18)10-16(4)14(21)15-9-7-8-11(3)13(19)20/h11H,5-10H2,1-4H3,(H,15,21)(H,19,20). The Kier molecular flexibility index (Phi) is 9.16. The smallest absolute Gasteiger partial charge is 0.317 e. The predicted octanol–water partition coefficient (Wildman–Crippen LogP) is 0.997. The Labute approximate surface area is 126 Å². The normalized spacial score (nSPS) is 11.6. The van der Waals surface area contributed by atoms with Crippen molar-refractivity contribution in [1.82, 2.24) is 15.1 Å². The summed E-state index contributed by atoms with van der Waals surface area (Å²) in [6.07, 6.45) is 1.11. The summed E-state index contributed by atoms with van der Waals surface area (Å²) in [5.74, 6) is -1.33. The van der Waals surface area contributed by atoms with Crippen LogP contribution in [0.25, 0.3) is 0 Å². The number of hydrogen-bond donors (Lipinski definition) is 2.